The number of H-pyrrole nitrogens is 1. The fourth-order valence-corrected chi connectivity index (χ4v) is 5.49. The lowest BCUT2D eigenvalue weighted by atomic mass is 10.1. The molecule has 10 nitrogen and oxygen atoms in total. The number of hydrogen-bond donors (Lipinski definition) is 3. The second kappa shape index (κ2) is 8.37. The van der Waals surface area contributed by atoms with Gasteiger partial charge in [-0.15, -0.1) is 0 Å². The van der Waals surface area contributed by atoms with E-state index in [1.54, 1.807) is 30.5 Å². The molecule has 0 unspecified atom stereocenters. The van der Waals surface area contributed by atoms with Crippen molar-refractivity contribution in [2.75, 3.05) is 29.6 Å². The number of amides is 1. The number of carbonyl (C=O) groups is 1. The summed E-state index contributed by atoms with van der Waals surface area (Å²) in [5.41, 5.74) is 2.46. The highest BCUT2D eigenvalue weighted by Crippen LogP contribution is 2.33. The molecule has 0 spiro atoms. The van der Waals surface area contributed by atoms with Gasteiger partial charge in [-0.25, -0.2) is 17.8 Å². The lowest BCUT2D eigenvalue weighted by molar-refractivity contribution is -0.119. The Kier molecular flexibility index (Phi) is 5.36. The van der Waals surface area contributed by atoms with Gasteiger partial charge in [0.25, 0.3) is 0 Å². The van der Waals surface area contributed by atoms with Crippen LogP contribution in [0.2, 0.25) is 0 Å². The average molecular weight is 482 g/mol. The highest BCUT2D eigenvalue weighted by molar-refractivity contribution is 7.91. The van der Waals surface area contributed by atoms with E-state index in [4.69, 9.17) is 0 Å². The summed E-state index contributed by atoms with van der Waals surface area (Å²) in [5, 5.41) is 13.1. The van der Waals surface area contributed by atoms with Crippen LogP contribution in [0.15, 0.2) is 53.7 Å². The predicted octanol–water partition coefficient (Wildman–Crippen LogP) is 2.45. The first kappa shape index (κ1) is 21.8. The molecule has 3 heterocycles. The van der Waals surface area contributed by atoms with Crippen molar-refractivity contribution in [3.63, 3.8) is 0 Å². The van der Waals surface area contributed by atoms with E-state index >= 15 is 0 Å². The molecule has 0 atom stereocenters. The maximum atomic E-state index is 15.0. The van der Waals surface area contributed by atoms with Gasteiger partial charge in [-0.05, 0) is 36.2 Å². The monoisotopic (exact) mass is 481 g/mol. The van der Waals surface area contributed by atoms with Gasteiger partial charge in [-0.1, -0.05) is 12.1 Å². The zero-order chi connectivity index (χ0) is 23.9. The van der Waals surface area contributed by atoms with Gasteiger partial charge in [0.1, 0.15) is 6.54 Å². The maximum absolute atomic E-state index is 15.0. The SMILES string of the molecule is CNC(=O)CN(c1nc(Nc2ccc3c(c2)S(=O)(=O)CC3)ncc1F)c1cccc2[nH]ncc12. The predicted molar refractivity (Wildman–Crippen MR) is 125 cm³/mol. The normalized spacial score (nSPS) is 14.1. The Bertz CT molecular complexity index is 1520. The van der Waals surface area contributed by atoms with E-state index in [1.807, 2.05) is 6.07 Å². The van der Waals surface area contributed by atoms with Crippen molar-refractivity contribution in [3.05, 3.63) is 60.2 Å². The lowest BCUT2D eigenvalue weighted by Crippen LogP contribution is -2.33. The second-order valence-corrected chi connectivity index (χ2v) is 9.83. The van der Waals surface area contributed by atoms with Gasteiger partial charge in [0.05, 0.1) is 34.2 Å². The van der Waals surface area contributed by atoms with E-state index in [1.165, 1.54) is 18.0 Å². The zero-order valence-corrected chi connectivity index (χ0v) is 18.9. The Morgan fingerprint density at radius 2 is 2.09 bits per heavy atom. The summed E-state index contributed by atoms with van der Waals surface area (Å²) >= 11 is 0. The molecule has 0 fully saturated rings. The second-order valence-electron chi connectivity index (χ2n) is 7.75. The number of sulfone groups is 1. The summed E-state index contributed by atoms with van der Waals surface area (Å²) in [7, 11) is -1.83. The number of fused-ring (bicyclic) bond motifs is 2. The molecule has 1 aliphatic heterocycles. The van der Waals surface area contributed by atoms with Crippen molar-refractivity contribution >= 4 is 49.8 Å². The van der Waals surface area contributed by atoms with Gasteiger partial charge in [0, 0.05) is 18.1 Å². The van der Waals surface area contributed by atoms with Crippen molar-refractivity contribution in [2.45, 2.75) is 11.3 Å². The van der Waals surface area contributed by atoms with Crippen molar-refractivity contribution in [2.24, 2.45) is 0 Å². The third kappa shape index (κ3) is 3.92. The zero-order valence-electron chi connectivity index (χ0n) is 18.0. The smallest absolute Gasteiger partial charge is 0.239 e. The van der Waals surface area contributed by atoms with Crippen LogP contribution in [-0.2, 0) is 21.1 Å². The Morgan fingerprint density at radius 3 is 2.91 bits per heavy atom. The minimum atomic E-state index is -3.32. The average Bonchev–Trinajstić information content (AvgIpc) is 3.43. The molecule has 2 aromatic heterocycles. The van der Waals surface area contributed by atoms with Gasteiger partial charge in [0.15, 0.2) is 21.5 Å². The molecule has 0 bridgehead atoms. The first-order valence-electron chi connectivity index (χ1n) is 10.4. The van der Waals surface area contributed by atoms with E-state index in [-0.39, 0.29) is 34.9 Å². The van der Waals surface area contributed by atoms with Gasteiger partial charge >= 0.3 is 0 Å². The number of carbonyl (C=O) groups excluding carboxylic acids is 1. The Morgan fingerprint density at radius 1 is 1.24 bits per heavy atom. The molecular weight excluding hydrogens is 461 g/mol. The first-order valence-corrected chi connectivity index (χ1v) is 12.1. The molecular formula is C22H20FN7O3S. The summed E-state index contributed by atoms with van der Waals surface area (Å²) in [5.74, 6) is -1.07. The third-order valence-corrected chi connectivity index (χ3v) is 7.40. The van der Waals surface area contributed by atoms with Crippen LogP contribution in [0.25, 0.3) is 10.9 Å². The fourth-order valence-electron chi connectivity index (χ4n) is 3.90. The molecule has 2 aromatic carbocycles. The molecule has 3 N–H and O–H groups in total. The minimum Gasteiger partial charge on any atom is -0.358 e. The van der Waals surface area contributed by atoms with Crippen molar-refractivity contribution in [3.8, 4) is 0 Å². The molecule has 1 aliphatic rings. The summed E-state index contributed by atoms with van der Waals surface area (Å²) in [6.07, 6.45) is 3.06. The quantitative estimate of drug-likeness (QED) is 0.383. The molecule has 12 heteroatoms. The number of nitrogens with zero attached hydrogens (tertiary/aromatic N) is 4. The van der Waals surface area contributed by atoms with Crippen LogP contribution < -0.4 is 15.5 Å². The van der Waals surface area contributed by atoms with E-state index < -0.39 is 15.7 Å². The van der Waals surface area contributed by atoms with E-state index in [0.717, 1.165) is 11.8 Å². The molecule has 0 saturated carbocycles. The minimum absolute atomic E-state index is 0.0491. The van der Waals surface area contributed by atoms with Crippen LogP contribution in [0.3, 0.4) is 0 Å². The van der Waals surface area contributed by atoms with Crippen LogP contribution in [0.4, 0.5) is 27.5 Å². The maximum Gasteiger partial charge on any atom is 0.239 e. The Labute approximate surface area is 194 Å². The van der Waals surface area contributed by atoms with Crippen LogP contribution in [0, 0.1) is 5.82 Å². The fraction of sp³-hybridized carbons (Fsp3) is 0.182. The summed E-state index contributed by atoms with van der Waals surface area (Å²) in [4.78, 5) is 22.3. The van der Waals surface area contributed by atoms with Crippen molar-refractivity contribution in [1.82, 2.24) is 25.5 Å². The van der Waals surface area contributed by atoms with Crippen LogP contribution >= 0.6 is 0 Å². The molecule has 174 valence electrons. The van der Waals surface area contributed by atoms with Gasteiger partial charge in [-0.2, -0.15) is 10.1 Å². The number of likely N-dealkylation sites (N-methyl/N-ethyl adjacent to an activating group) is 1. The van der Waals surface area contributed by atoms with Gasteiger partial charge < -0.3 is 15.5 Å². The van der Waals surface area contributed by atoms with E-state index in [9.17, 15) is 17.6 Å². The molecule has 0 saturated heterocycles. The molecule has 5 rings (SSSR count). The summed E-state index contributed by atoms with van der Waals surface area (Å²) in [6, 6.07) is 10.3. The number of anilines is 4. The molecule has 34 heavy (non-hydrogen) atoms. The summed E-state index contributed by atoms with van der Waals surface area (Å²) < 4.78 is 39.5. The highest BCUT2D eigenvalue weighted by Gasteiger charge is 2.26. The highest BCUT2D eigenvalue weighted by atomic mass is 32.2. The van der Waals surface area contributed by atoms with Gasteiger partial charge in [-0.3, -0.25) is 9.89 Å². The number of aromatic amines is 1. The van der Waals surface area contributed by atoms with Crippen LogP contribution in [-0.4, -0.2) is 53.8 Å². The first-order chi connectivity index (χ1) is 16.4. The third-order valence-electron chi connectivity index (χ3n) is 5.61. The number of hydrogen-bond acceptors (Lipinski definition) is 8. The molecule has 1 amide bonds. The number of benzene rings is 2. The van der Waals surface area contributed by atoms with E-state index in [2.05, 4.69) is 30.8 Å². The van der Waals surface area contributed by atoms with Crippen molar-refractivity contribution < 1.29 is 17.6 Å². The largest absolute Gasteiger partial charge is 0.358 e. The Balaban J connectivity index is 1.55. The van der Waals surface area contributed by atoms with Crippen LogP contribution in [0.1, 0.15) is 5.56 Å². The standard InChI is InChI=1S/C22H20FN7O3S/c1-24-20(31)12-30(18-4-2-3-17-15(18)10-26-29-17)21-16(23)11-25-22(28-21)27-14-6-5-13-7-8-34(32,33)19(13)9-14/h2-6,9-11H,7-8,12H2,1H3,(H,24,31)(H,26,29)(H,25,27,28). The van der Waals surface area contributed by atoms with Crippen molar-refractivity contribution in [1.29, 1.82) is 0 Å². The van der Waals surface area contributed by atoms with E-state index in [0.29, 0.717) is 28.7 Å². The molecule has 0 radical (unpaired) electrons. The van der Waals surface area contributed by atoms with Gasteiger partial charge in [0.2, 0.25) is 11.9 Å². The number of aryl methyl sites for hydroxylation is 1. The molecule has 4 aromatic rings. The number of nitrogens with one attached hydrogen (secondary N) is 3. The number of aromatic nitrogens is 4. The van der Waals surface area contributed by atoms with Crippen LogP contribution in [0.5, 0.6) is 0 Å². The summed E-state index contributed by atoms with van der Waals surface area (Å²) in [6.45, 7) is -0.203. The number of halogens is 1. The molecule has 0 aliphatic carbocycles. The lowest BCUT2D eigenvalue weighted by Gasteiger charge is -2.24. The topological polar surface area (TPSA) is 133 Å². The Hall–Kier alpha value is -4.06. The number of rotatable bonds is 6.